The van der Waals surface area contributed by atoms with E-state index in [1.807, 2.05) is 0 Å². The van der Waals surface area contributed by atoms with E-state index in [-0.39, 0.29) is 24.2 Å². The van der Waals surface area contributed by atoms with Gasteiger partial charge in [-0.1, -0.05) is 0 Å². The van der Waals surface area contributed by atoms with Crippen LogP contribution in [0.1, 0.15) is 16.9 Å². The number of ether oxygens (including phenoxy) is 2. The summed E-state index contributed by atoms with van der Waals surface area (Å²) in [4.78, 5) is 27.1. The topological polar surface area (TPSA) is 115 Å². The van der Waals surface area contributed by atoms with Crippen LogP contribution in [0.3, 0.4) is 0 Å². The Hall–Kier alpha value is -2.52. The standard InChI is InChI=1S/C14H16N4O5/c19-13(20)8-23-11-7-22-5-2-9(11)16-14(21)10-6-12-15-3-1-4-18(12)17-10/h1,3-4,6,9,11H,2,5,7-8H2,(H,16,21)(H,19,20)/t9-,11-/m1/s1. The molecule has 1 saturated heterocycles. The molecular weight excluding hydrogens is 304 g/mol. The van der Waals surface area contributed by atoms with Crippen molar-refractivity contribution in [2.24, 2.45) is 0 Å². The van der Waals surface area contributed by atoms with Gasteiger partial charge in [-0.3, -0.25) is 4.79 Å². The fourth-order valence-electron chi connectivity index (χ4n) is 2.40. The number of carbonyl (C=O) groups is 2. The largest absolute Gasteiger partial charge is 0.480 e. The average Bonchev–Trinajstić information content (AvgIpc) is 2.98. The number of aliphatic carboxylic acids is 1. The molecule has 2 aromatic rings. The molecule has 1 amide bonds. The van der Waals surface area contributed by atoms with E-state index < -0.39 is 18.7 Å². The van der Waals surface area contributed by atoms with Crippen LogP contribution in [0.15, 0.2) is 24.5 Å². The van der Waals surface area contributed by atoms with Crippen LogP contribution < -0.4 is 5.32 Å². The zero-order valence-corrected chi connectivity index (χ0v) is 12.2. The number of nitrogens with one attached hydrogen (secondary N) is 1. The van der Waals surface area contributed by atoms with E-state index >= 15 is 0 Å². The predicted molar refractivity (Wildman–Crippen MR) is 77.1 cm³/mol. The van der Waals surface area contributed by atoms with Crippen LogP contribution in [0, 0.1) is 0 Å². The zero-order chi connectivity index (χ0) is 16.2. The van der Waals surface area contributed by atoms with Gasteiger partial charge in [0.2, 0.25) is 0 Å². The third-order valence-electron chi connectivity index (χ3n) is 3.51. The Morgan fingerprint density at radius 2 is 2.39 bits per heavy atom. The molecule has 1 fully saturated rings. The van der Waals surface area contributed by atoms with E-state index in [2.05, 4.69) is 15.4 Å². The van der Waals surface area contributed by atoms with E-state index in [4.69, 9.17) is 14.6 Å². The summed E-state index contributed by atoms with van der Waals surface area (Å²) >= 11 is 0. The normalized spacial score (nSPS) is 21.2. The number of carbonyl (C=O) groups excluding carboxylic acids is 1. The van der Waals surface area contributed by atoms with Crippen molar-refractivity contribution in [1.82, 2.24) is 19.9 Å². The van der Waals surface area contributed by atoms with E-state index in [0.717, 1.165) is 0 Å². The molecule has 3 heterocycles. The molecular formula is C14H16N4O5. The van der Waals surface area contributed by atoms with Crippen molar-refractivity contribution >= 4 is 17.5 Å². The van der Waals surface area contributed by atoms with Gasteiger partial charge in [-0.05, 0) is 12.5 Å². The van der Waals surface area contributed by atoms with Crippen molar-refractivity contribution in [3.05, 3.63) is 30.2 Å². The first-order valence-corrected chi connectivity index (χ1v) is 7.16. The van der Waals surface area contributed by atoms with Gasteiger partial charge in [-0.25, -0.2) is 14.3 Å². The smallest absolute Gasteiger partial charge is 0.329 e. The fraction of sp³-hybridized carbons (Fsp3) is 0.429. The highest BCUT2D eigenvalue weighted by Gasteiger charge is 2.29. The Balaban J connectivity index is 1.68. The maximum atomic E-state index is 12.3. The highest BCUT2D eigenvalue weighted by atomic mass is 16.5. The summed E-state index contributed by atoms with van der Waals surface area (Å²) in [6, 6.07) is 2.98. The van der Waals surface area contributed by atoms with Crippen LogP contribution in [0.5, 0.6) is 0 Å². The third kappa shape index (κ3) is 3.63. The molecule has 2 atom stereocenters. The predicted octanol–water partition coefficient (Wildman–Crippen LogP) is -0.282. The van der Waals surface area contributed by atoms with Crippen molar-refractivity contribution in [1.29, 1.82) is 0 Å². The first kappa shape index (κ1) is 15.4. The lowest BCUT2D eigenvalue weighted by Gasteiger charge is -2.31. The number of nitrogens with zero attached hydrogens (tertiary/aromatic N) is 3. The van der Waals surface area contributed by atoms with Crippen LogP contribution in [-0.2, 0) is 14.3 Å². The van der Waals surface area contributed by atoms with Crippen molar-refractivity contribution in [2.75, 3.05) is 19.8 Å². The minimum absolute atomic E-state index is 0.241. The monoisotopic (exact) mass is 320 g/mol. The second kappa shape index (κ2) is 6.71. The summed E-state index contributed by atoms with van der Waals surface area (Å²) in [7, 11) is 0. The molecule has 0 radical (unpaired) electrons. The highest BCUT2D eigenvalue weighted by Crippen LogP contribution is 2.13. The molecule has 9 heteroatoms. The van der Waals surface area contributed by atoms with Gasteiger partial charge in [0.05, 0.1) is 12.6 Å². The number of hydrogen-bond acceptors (Lipinski definition) is 6. The lowest BCUT2D eigenvalue weighted by atomic mass is 10.1. The van der Waals surface area contributed by atoms with Crippen LogP contribution in [0.2, 0.25) is 0 Å². The average molecular weight is 320 g/mol. The summed E-state index contributed by atoms with van der Waals surface area (Å²) in [5, 5.41) is 15.7. The van der Waals surface area contributed by atoms with Crippen LogP contribution in [-0.4, -0.2) is 63.5 Å². The minimum Gasteiger partial charge on any atom is -0.480 e. The maximum absolute atomic E-state index is 12.3. The maximum Gasteiger partial charge on any atom is 0.329 e. The molecule has 0 unspecified atom stereocenters. The Labute approximate surface area is 131 Å². The molecule has 9 nitrogen and oxygen atoms in total. The van der Waals surface area contributed by atoms with Crippen LogP contribution in [0.25, 0.3) is 5.65 Å². The lowest BCUT2D eigenvalue weighted by molar-refractivity contribution is -0.148. The summed E-state index contributed by atoms with van der Waals surface area (Å²) in [6.45, 7) is 0.286. The highest BCUT2D eigenvalue weighted by molar-refractivity contribution is 5.93. The van der Waals surface area contributed by atoms with Gasteiger partial charge < -0.3 is 19.9 Å². The molecule has 122 valence electrons. The van der Waals surface area contributed by atoms with Crippen molar-refractivity contribution < 1.29 is 24.2 Å². The molecule has 0 bridgehead atoms. The lowest BCUT2D eigenvalue weighted by Crippen LogP contribution is -2.50. The second-order valence-electron chi connectivity index (χ2n) is 5.14. The van der Waals surface area contributed by atoms with E-state index in [1.54, 1.807) is 24.5 Å². The van der Waals surface area contributed by atoms with Gasteiger partial charge in [-0.15, -0.1) is 0 Å². The molecule has 0 aliphatic carbocycles. The Kier molecular flexibility index (Phi) is 4.49. The molecule has 1 aliphatic rings. The van der Waals surface area contributed by atoms with Crippen molar-refractivity contribution in [3.8, 4) is 0 Å². The first-order valence-electron chi connectivity index (χ1n) is 7.16. The quantitative estimate of drug-likeness (QED) is 0.778. The number of fused-ring (bicyclic) bond motifs is 1. The molecule has 3 rings (SSSR count). The molecule has 2 N–H and O–H groups in total. The molecule has 0 spiro atoms. The summed E-state index contributed by atoms with van der Waals surface area (Å²) in [5.41, 5.74) is 0.815. The Morgan fingerprint density at radius 3 is 3.17 bits per heavy atom. The van der Waals surface area contributed by atoms with Gasteiger partial charge in [-0.2, -0.15) is 5.10 Å². The van der Waals surface area contributed by atoms with Gasteiger partial charge in [0.15, 0.2) is 11.3 Å². The molecule has 1 aliphatic heterocycles. The molecule has 2 aromatic heterocycles. The summed E-state index contributed by atoms with van der Waals surface area (Å²) in [6.07, 6.45) is 3.36. The van der Waals surface area contributed by atoms with E-state index in [0.29, 0.717) is 18.7 Å². The Morgan fingerprint density at radius 1 is 1.52 bits per heavy atom. The molecule has 23 heavy (non-hydrogen) atoms. The van der Waals surface area contributed by atoms with Gasteiger partial charge in [0.25, 0.3) is 5.91 Å². The number of carboxylic acid groups (broad SMARTS) is 1. The second-order valence-corrected chi connectivity index (χ2v) is 5.14. The zero-order valence-electron chi connectivity index (χ0n) is 12.2. The Bertz CT molecular complexity index is 683. The summed E-state index contributed by atoms with van der Waals surface area (Å²) < 4.78 is 12.1. The number of rotatable bonds is 5. The minimum atomic E-state index is -1.06. The third-order valence-corrected chi connectivity index (χ3v) is 3.51. The SMILES string of the molecule is O=C(O)CO[C@@H]1COCC[C@H]1NC(=O)c1cc2ncccn2n1. The van der Waals surface area contributed by atoms with Gasteiger partial charge >= 0.3 is 5.97 Å². The van der Waals surface area contributed by atoms with Crippen molar-refractivity contribution in [3.63, 3.8) is 0 Å². The number of aromatic nitrogens is 3. The molecule has 0 aromatic carbocycles. The summed E-state index contributed by atoms with van der Waals surface area (Å²) in [5.74, 6) is -1.42. The number of hydrogen-bond donors (Lipinski definition) is 2. The van der Waals surface area contributed by atoms with E-state index in [1.165, 1.54) is 4.52 Å². The first-order chi connectivity index (χ1) is 11.1. The van der Waals surface area contributed by atoms with Gasteiger partial charge in [0.1, 0.15) is 12.7 Å². The number of amides is 1. The number of carboxylic acids is 1. The van der Waals surface area contributed by atoms with Gasteiger partial charge in [0, 0.05) is 25.1 Å². The van der Waals surface area contributed by atoms with Crippen LogP contribution in [0.4, 0.5) is 0 Å². The fourth-order valence-corrected chi connectivity index (χ4v) is 2.40. The molecule has 0 saturated carbocycles. The van der Waals surface area contributed by atoms with E-state index in [9.17, 15) is 9.59 Å². The van der Waals surface area contributed by atoms with Crippen molar-refractivity contribution in [2.45, 2.75) is 18.6 Å². The van der Waals surface area contributed by atoms with Crippen LogP contribution >= 0.6 is 0 Å².